The van der Waals surface area contributed by atoms with Gasteiger partial charge in [-0.05, 0) is 59.7 Å². The zero-order chi connectivity index (χ0) is 41.4. The fourth-order valence-corrected chi connectivity index (χ4v) is 9.56. The van der Waals surface area contributed by atoms with Crippen molar-refractivity contribution in [1.29, 1.82) is 0 Å². The summed E-state index contributed by atoms with van der Waals surface area (Å²) in [5.41, 5.74) is 13.4. The highest BCUT2D eigenvalue weighted by molar-refractivity contribution is 6.24. The summed E-state index contributed by atoms with van der Waals surface area (Å²) in [6.07, 6.45) is 0. The highest BCUT2D eigenvalue weighted by atomic mass is 16.3. The first kappa shape index (κ1) is 35.2. The van der Waals surface area contributed by atoms with Crippen LogP contribution in [-0.4, -0.2) is 24.1 Å². The van der Waals surface area contributed by atoms with Gasteiger partial charge in [0.15, 0.2) is 17.5 Å². The van der Waals surface area contributed by atoms with Crippen LogP contribution in [0.1, 0.15) is 0 Å². The Labute approximate surface area is 361 Å². The fourth-order valence-electron chi connectivity index (χ4n) is 9.56. The van der Waals surface area contributed by atoms with Crippen LogP contribution in [0.2, 0.25) is 0 Å². The maximum absolute atomic E-state index is 6.31. The van der Waals surface area contributed by atoms with Crippen molar-refractivity contribution in [3.8, 4) is 56.7 Å². The number of hydrogen-bond donors (Lipinski definition) is 0. The molecule has 0 aliphatic heterocycles. The maximum atomic E-state index is 6.31. The molecular weight excluding hydrogens is 771 g/mol. The molecule has 0 unspecified atom stereocenters. The Morgan fingerprint density at radius 1 is 0.317 bits per heavy atom. The summed E-state index contributed by atoms with van der Waals surface area (Å²) in [4.78, 5) is 15.6. The van der Waals surface area contributed by atoms with Gasteiger partial charge in [0.2, 0.25) is 0 Å². The quantitative estimate of drug-likeness (QED) is 0.168. The topological polar surface area (TPSA) is 61.7 Å². The minimum Gasteiger partial charge on any atom is -0.456 e. The van der Waals surface area contributed by atoms with E-state index in [2.05, 4.69) is 161 Å². The third kappa shape index (κ3) is 5.55. The Morgan fingerprint density at radius 2 is 0.825 bits per heavy atom. The van der Waals surface area contributed by atoms with E-state index in [0.29, 0.717) is 17.5 Å². The van der Waals surface area contributed by atoms with Crippen LogP contribution in [0.5, 0.6) is 0 Å². The lowest BCUT2D eigenvalue weighted by atomic mass is 10.1. The van der Waals surface area contributed by atoms with E-state index in [0.717, 1.165) is 72.1 Å². The highest BCUT2D eigenvalue weighted by Gasteiger charge is 2.23. The van der Waals surface area contributed by atoms with Crippen LogP contribution >= 0.6 is 0 Å². The van der Waals surface area contributed by atoms with Crippen molar-refractivity contribution < 1.29 is 4.42 Å². The van der Waals surface area contributed by atoms with E-state index in [-0.39, 0.29) is 0 Å². The van der Waals surface area contributed by atoms with Crippen molar-refractivity contribution in [2.24, 2.45) is 0 Å². The van der Waals surface area contributed by atoms with Gasteiger partial charge in [0.05, 0.1) is 22.1 Å². The van der Waals surface area contributed by atoms with Gasteiger partial charge in [-0.15, -0.1) is 0 Å². The minimum atomic E-state index is 0.586. The van der Waals surface area contributed by atoms with Gasteiger partial charge in [-0.25, -0.2) is 15.0 Å². The Hall–Kier alpha value is -8.61. The Kier molecular flexibility index (Phi) is 7.80. The van der Waals surface area contributed by atoms with Crippen LogP contribution in [0.3, 0.4) is 0 Å². The normalized spacial score (nSPS) is 11.8. The Bertz CT molecular complexity index is 3900. The summed E-state index contributed by atoms with van der Waals surface area (Å²) in [6, 6.07) is 74.5. The first-order valence-corrected chi connectivity index (χ1v) is 21.2. The molecule has 63 heavy (non-hydrogen) atoms. The largest absolute Gasteiger partial charge is 0.456 e. The third-order valence-corrected chi connectivity index (χ3v) is 12.4. The fraction of sp³-hybridized carbons (Fsp3) is 0. The molecule has 13 aromatic rings. The molecule has 0 saturated carbocycles. The highest BCUT2D eigenvalue weighted by Crippen LogP contribution is 2.43. The number of aromatic nitrogens is 5. The van der Waals surface area contributed by atoms with Gasteiger partial charge < -0.3 is 13.6 Å². The average Bonchev–Trinajstić information content (AvgIpc) is 4.02. The average molecular weight is 806 g/mol. The van der Waals surface area contributed by atoms with Gasteiger partial charge in [-0.1, -0.05) is 164 Å². The SMILES string of the molecule is c1ccc(-c2ccc(-n3c4ccccc4c4ccc5c6ccccc6n(-c6cccc(-c7nc(-c8ccccc8)nc(-c8cccc9oc%10ccccc%10c89)n7)c6)c5c43)cc2)cc1. The number of hydrogen-bond acceptors (Lipinski definition) is 4. The molecule has 0 aliphatic carbocycles. The molecule has 0 aliphatic rings. The number of nitrogens with zero attached hydrogens (tertiary/aromatic N) is 5. The van der Waals surface area contributed by atoms with Gasteiger partial charge in [0, 0.05) is 60.4 Å². The van der Waals surface area contributed by atoms with Gasteiger partial charge >= 0.3 is 0 Å². The van der Waals surface area contributed by atoms with E-state index in [1.54, 1.807) is 0 Å². The van der Waals surface area contributed by atoms with Gasteiger partial charge in [0.25, 0.3) is 0 Å². The summed E-state index contributed by atoms with van der Waals surface area (Å²) >= 11 is 0. The summed E-state index contributed by atoms with van der Waals surface area (Å²) in [5, 5.41) is 6.78. The zero-order valence-corrected chi connectivity index (χ0v) is 33.9. The second-order valence-electron chi connectivity index (χ2n) is 16.0. The molecule has 0 saturated heterocycles. The zero-order valence-electron chi connectivity index (χ0n) is 33.9. The summed E-state index contributed by atoms with van der Waals surface area (Å²) in [6.45, 7) is 0. The van der Waals surface area contributed by atoms with Crippen molar-refractivity contribution in [3.05, 3.63) is 212 Å². The number of benzene rings is 9. The van der Waals surface area contributed by atoms with Crippen LogP contribution < -0.4 is 0 Å². The summed E-state index contributed by atoms with van der Waals surface area (Å²) < 4.78 is 11.2. The van der Waals surface area contributed by atoms with Gasteiger partial charge in [-0.2, -0.15) is 0 Å². The van der Waals surface area contributed by atoms with Crippen molar-refractivity contribution in [1.82, 2.24) is 24.1 Å². The molecule has 6 nitrogen and oxygen atoms in total. The lowest BCUT2D eigenvalue weighted by Gasteiger charge is -2.14. The molecule has 13 rings (SSSR count). The van der Waals surface area contributed by atoms with E-state index in [1.165, 1.54) is 32.7 Å². The van der Waals surface area contributed by atoms with Crippen LogP contribution in [0.25, 0.3) is 122 Å². The molecule has 4 heterocycles. The standard InChI is InChI=1S/C57H35N5O/c1-3-15-36(16-4-1)37-29-31-40(32-30-37)61-48-25-10-7-21-42(48)44-33-34-45-43-22-8-11-26-49(43)62(54(45)53(44)61)41-20-13-19-39(35-41)56-58-55(38-17-5-2-6-18-38)59-57(60-56)47-24-14-28-51-52(47)46-23-9-12-27-50(46)63-51/h1-35H. The molecular formula is C57H35N5O. The minimum absolute atomic E-state index is 0.586. The molecule has 4 aromatic heterocycles. The number of furan rings is 1. The maximum Gasteiger partial charge on any atom is 0.164 e. The molecule has 0 bridgehead atoms. The molecule has 6 heteroatoms. The monoisotopic (exact) mass is 805 g/mol. The van der Waals surface area contributed by atoms with E-state index < -0.39 is 0 Å². The van der Waals surface area contributed by atoms with Crippen LogP contribution in [-0.2, 0) is 0 Å². The number of fused-ring (bicyclic) bond motifs is 10. The summed E-state index contributed by atoms with van der Waals surface area (Å²) in [5.74, 6) is 1.78. The molecule has 0 amide bonds. The smallest absolute Gasteiger partial charge is 0.164 e. The predicted octanol–water partition coefficient (Wildman–Crippen LogP) is 14.6. The molecule has 0 fully saturated rings. The second kappa shape index (κ2) is 14.0. The summed E-state index contributed by atoms with van der Waals surface area (Å²) in [7, 11) is 0. The number of para-hydroxylation sites is 3. The van der Waals surface area contributed by atoms with Crippen molar-refractivity contribution in [3.63, 3.8) is 0 Å². The van der Waals surface area contributed by atoms with Crippen molar-refractivity contribution >= 4 is 65.6 Å². The van der Waals surface area contributed by atoms with Crippen LogP contribution in [0.4, 0.5) is 0 Å². The lowest BCUT2D eigenvalue weighted by molar-refractivity contribution is 0.669. The number of rotatable bonds is 6. The molecule has 0 N–H and O–H groups in total. The molecule has 0 spiro atoms. The molecule has 0 radical (unpaired) electrons. The predicted molar refractivity (Wildman–Crippen MR) is 258 cm³/mol. The van der Waals surface area contributed by atoms with E-state index in [9.17, 15) is 0 Å². The Balaban J connectivity index is 1.05. The third-order valence-electron chi connectivity index (χ3n) is 12.4. The van der Waals surface area contributed by atoms with E-state index >= 15 is 0 Å². The van der Waals surface area contributed by atoms with E-state index in [4.69, 9.17) is 19.4 Å². The molecule has 294 valence electrons. The first-order chi connectivity index (χ1) is 31.2. The van der Waals surface area contributed by atoms with Gasteiger partial charge in [-0.3, -0.25) is 0 Å². The van der Waals surface area contributed by atoms with Crippen molar-refractivity contribution in [2.45, 2.75) is 0 Å². The first-order valence-electron chi connectivity index (χ1n) is 21.2. The second-order valence-corrected chi connectivity index (χ2v) is 16.0. The van der Waals surface area contributed by atoms with Crippen molar-refractivity contribution in [2.75, 3.05) is 0 Å². The molecule has 0 atom stereocenters. The lowest BCUT2D eigenvalue weighted by Crippen LogP contribution is -2.02. The Morgan fingerprint density at radius 3 is 1.52 bits per heavy atom. The van der Waals surface area contributed by atoms with Crippen LogP contribution in [0.15, 0.2) is 217 Å². The molecule has 9 aromatic carbocycles. The van der Waals surface area contributed by atoms with Crippen LogP contribution in [0, 0.1) is 0 Å². The van der Waals surface area contributed by atoms with Gasteiger partial charge in [0.1, 0.15) is 11.2 Å². The van der Waals surface area contributed by atoms with E-state index in [1.807, 2.05) is 60.7 Å².